The van der Waals surface area contributed by atoms with Gasteiger partial charge in [0.15, 0.2) is 5.65 Å². The number of hydrogen-bond donors (Lipinski definition) is 1. The number of aryl methyl sites for hydroxylation is 1. The molecule has 0 bridgehead atoms. The standard InChI is InChI=1S/C20H22ClN3O3/c1-12(2)16-8-17(21)13(3)7-18(16)27-10-14(25)9-24-11-23-19-15(20(24)26)5-4-6-22-19/h4-8,11-12,14,25H,9-10H2,1-3H3/t14-/m1/s1. The van der Waals surface area contributed by atoms with Gasteiger partial charge in [0.05, 0.1) is 11.9 Å². The first-order valence-electron chi connectivity index (χ1n) is 8.78. The van der Waals surface area contributed by atoms with E-state index in [1.165, 1.54) is 10.9 Å². The minimum Gasteiger partial charge on any atom is -0.491 e. The molecule has 0 saturated carbocycles. The third kappa shape index (κ3) is 4.28. The minimum atomic E-state index is -0.866. The van der Waals surface area contributed by atoms with Crippen molar-refractivity contribution < 1.29 is 9.84 Å². The molecular weight excluding hydrogens is 366 g/mol. The van der Waals surface area contributed by atoms with Crippen molar-refractivity contribution in [3.63, 3.8) is 0 Å². The second kappa shape index (κ2) is 8.06. The van der Waals surface area contributed by atoms with Crippen molar-refractivity contribution in [2.45, 2.75) is 39.3 Å². The number of rotatable bonds is 6. The quantitative estimate of drug-likeness (QED) is 0.702. The lowest BCUT2D eigenvalue weighted by Gasteiger charge is -2.18. The Bertz CT molecular complexity index is 1020. The van der Waals surface area contributed by atoms with Gasteiger partial charge in [-0.1, -0.05) is 25.4 Å². The lowest BCUT2D eigenvalue weighted by Crippen LogP contribution is -2.30. The van der Waals surface area contributed by atoms with E-state index >= 15 is 0 Å². The summed E-state index contributed by atoms with van der Waals surface area (Å²) >= 11 is 6.21. The molecule has 0 unspecified atom stereocenters. The summed E-state index contributed by atoms with van der Waals surface area (Å²) in [6.07, 6.45) is 2.12. The van der Waals surface area contributed by atoms with Crippen molar-refractivity contribution in [3.05, 3.63) is 63.3 Å². The summed E-state index contributed by atoms with van der Waals surface area (Å²) in [6.45, 7) is 6.15. The van der Waals surface area contributed by atoms with Gasteiger partial charge in [-0.25, -0.2) is 9.97 Å². The van der Waals surface area contributed by atoms with Crippen LogP contribution >= 0.6 is 11.6 Å². The van der Waals surface area contributed by atoms with E-state index in [1.54, 1.807) is 18.3 Å². The molecule has 1 N–H and O–H groups in total. The highest BCUT2D eigenvalue weighted by molar-refractivity contribution is 6.31. The van der Waals surface area contributed by atoms with Gasteiger partial charge < -0.3 is 9.84 Å². The monoisotopic (exact) mass is 387 g/mol. The topological polar surface area (TPSA) is 77.2 Å². The van der Waals surface area contributed by atoms with Gasteiger partial charge in [-0.3, -0.25) is 9.36 Å². The molecule has 27 heavy (non-hydrogen) atoms. The van der Waals surface area contributed by atoms with Gasteiger partial charge in [-0.15, -0.1) is 0 Å². The lowest BCUT2D eigenvalue weighted by molar-refractivity contribution is 0.0908. The first kappa shape index (κ1) is 19.3. The molecule has 1 aromatic carbocycles. The predicted octanol–water partition coefficient (Wildman–Crippen LogP) is 3.32. The van der Waals surface area contributed by atoms with E-state index in [4.69, 9.17) is 16.3 Å². The van der Waals surface area contributed by atoms with E-state index in [1.807, 2.05) is 19.1 Å². The summed E-state index contributed by atoms with van der Waals surface area (Å²) < 4.78 is 7.21. The van der Waals surface area contributed by atoms with Gasteiger partial charge in [0.2, 0.25) is 0 Å². The van der Waals surface area contributed by atoms with E-state index in [9.17, 15) is 9.90 Å². The molecule has 0 spiro atoms. The van der Waals surface area contributed by atoms with Crippen LogP contribution < -0.4 is 10.3 Å². The molecule has 2 aromatic heterocycles. The average Bonchev–Trinajstić information content (AvgIpc) is 2.64. The number of aliphatic hydroxyl groups is 1. The maximum absolute atomic E-state index is 12.5. The maximum Gasteiger partial charge on any atom is 0.262 e. The SMILES string of the molecule is Cc1cc(OC[C@H](O)Cn2cnc3ncccc3c2=O)c(C(C)C)cc1Cl. The fourth-order valence-electron chi connectivity index (χ4n) is 2.84. The van der Waals surface area contributed by atoms with Crippen molar-refractivity contribution in [3.8, 4) is 5.75 Å². The number of fused-ring (bicyclic) bond motifs is 1. The van der Waals surface area contributed by atoms with Crippen LogP contribution in [0.15, 0.2) is 41.6 Å². The third-order valence-electron chi connectivity index (χ3n) is 4.35. The molecule has 6 nitrogen and oxygen atoms in total. The molecule has 0 fully saturated rings. The van der Waals surface area contributed by atoms with E-state index in [-0.39, 0.29) is 24.6 Å². The fraction of sp³-hybridized carbons (Fsp3) is 0.350. The Labute approximate surface area is 162 Å². The first-order chi connectivity index (χ1) is 12.9. The zero-order valence-electron chi connectivity index (χ0n) is 15.5. The Balaban J connectivity index is 1.74. The van der Waals surface area contributed by atoms with E-state index in [0.29, 0.717) is 21.8 Å². The van der Waals surface area contributed by atoms with Gasteiger partial charge >= 0.3 is 0 Å². The Morgan fingerprint density at radius 1 is 1.30 bits per heavy atom. The van der Waals surface area contributed by atoms with Crippen molar-refractivity contribution in [1.29, 1.82) is 0 Å². The number of nitrogens with zero attached hydrogens (tertiary/aromatic N) is 3. The smallest absolute Gasteiger partial charge is 0.262 e. The third-order valence-corrected chi connectivity index (χ3v) is 4.76. The van der Waals surface area contributed by atoms with Gasteiger partial charge in [0.1, 0.15) is 24.8 Å². The second-order valence-corrected chi connectivity index (χ2v) is 7.24. The summed E-state index contributed by atoms with van der Waals surface area (Å²) in [5, 5.41) is 11.5. The van der Waals surface area contributed by atoms with Crippen LogP contribution in [0, 0.1) is 6.92 Å². The van der Waals surface area contributed by atoms with Crippen LogP contribution in [-0.2, 0) is 6.54 Å². The van der Waals surface area contributed by atoms with Crippen LogP contribution in [0.1, 0.15) is 30.9 Å². The highest BCUT2D eigenvalue weighted by atomic mass is 35.5. The molecule has 3 rings (SSSR count). The number of aliphatic hydroxyl groups excluding tert-OH is 1. The molecular formula is C20H22ClN3O3. The Morgan fingerprint density at radius 2 is 2.07 bits per heavy atom. The molecule has 0 aliphatic rings. The van der Waals surface area contributed by atoms with Gasteiger partial charge in [-0.2, -0.15) is 0 Å². The number of pyridine rings is 1. The lowest BCUT2D eigenvalue weighted by atomic mass is 10.0. The van der Waals surface area contributed by atoms with Crippen molar-refractivity contribution in [1.82, 2.24) is 14.5 Å². The predicted molar refractivity (Wildman–Crippen MR) is 106 cm³/mol. The summed E-state index contributed by atoms with van der Waals surface area (Å²) in [6, 6.07) is 7.13. The number of ether oxygens (including phenoxy) is 1. The molecule has 1 atom stereocenters. The molecule has 2 heterocycles. The summed E-state index contributed by atoms with van der Waals surface area (Å²) in [4.78, 5) is 20.7. The van der Waals surface area contributed by atoms with E-state index in [0.717, 1.165) is 11.1 Å². The number of hydrogen-bond acceptors (Lipinski definition) is 5. The van der Waals surface area contributed by atoms with Crippen LogP contribution in [0.5, 0.6) is 5.75 Å². The molecule has 0 aliphatic heterocycles. The highest BCUT2D eigenvalue weighted by Gasteiger charge is 2.14. The number of benzene rings is 1. The molecule has 0 saturated heterocycles. The van der Waals surface area contributed by atoms with Crippen molar-refractivity contribution in [2.24, 2.45) is 0 Å². The van der Waals surface area contributed by atoms with Crippen molar-refractivity contribution in [2.75, 3.05) is 6.61 Å². The molecule has 7 heteroatoms. The minimum absolute atomic E-state index is 0.0539. The Hall–Kier alpha value is -2.44. The summed E-state index contributed by atoms with van der Waals surface area (Å²) in [5.74, 6) is 0.925. The second-order valence-electron chi connectivity index (χ2n) is 6.84. The number of halogens is 1. The molecule has 0 amide bonds. The Kier molecular flexibility index (Phi) is 5.77. The zero-order valence-corrected chi connectivity index (χ0v) is 16.3. The first-order valence-corrected chi connectivity index (χ1v) is 9.15. The van der Waals surface area contributed by atoms with Gasteiger partial charge in [0.25, 0.3) is 5.56 Å². The zero-order chi connectivity index (χ0) is 19.6. The van der Waals surface area contributed by atoms with Crippen LogP contribution in [0.3, 0.4) is 0 Å². The van der Waals surface area contributed by atoms with Crippen LogP contribution in [0.25, 0.3) is 11.0 Å². The summed E-state index contributed by atoms with van der Waals surface area (Å²) in [7, 11) is 0. The average molecular weight is 388 g/mol. The fourth-order valence-corrected chi connectivity index (χ4v) is 3.01. The molecule has 0 radical (unpaired) electrons. The highest BCUT2D eigenvalue weighted by Crippen LogP contribution is 2.32. The van der Waals surface area contributed by atoms with Crippen LogP contribution in [0.2, 0.25) is 5.02 Å². The molecule has 3 aromatic rings. The van der Waals surface area contributed by atoms with Gasteiger partial charge in [-0.05, 0) is 48.2 Å². The molecule has 0 aliphatic carbocycles. The maximum atomic E-state index is 12.5. The van der Waals surface area contributed by atoms with E-state index < -0.39 is 6.10 Å². The summed E-state index contributed by atoms with van der Waals surface area (Å²) in [5.41, 5.74) is 2.04. The number of aromatic nitrogens is 3. The largest absolute Gasteiger partial charge is 0.491 e. The van der Waals surface area contributed by atoms with Crippen molar-refractivity contribution >= 4 is 22.6 Å². The van der Waals surface area contributed by atoms with Gasteiger partial charge in [0, 0.05) is 11.2 Å². The van der Waals surface area contributed by atoms with E-state index in [2.05, 4.69) is 23.8 Å². The van der Waals surface area contributed by atoms with Crippen LogP contribution in [0.4, 0.5) is 0 Å². The Morgan fingerprint density at radius 3 is 2.81 bits per heavy atom. The molecule has 142 valence electrons. The normalized spacial score (nSPS) is 12.5. The van der Waals surface area contributed by atoms with Crippen LogP contribution in [-0.4, -0.2) is 32.4 Å².